The first-order valence-corrected chi connectivity index (χ1v) is 6.06. The molecule has 16 heavy (non-hydrogen) atoms. The van der Waals surface area contributed by atoms with Gasteiger partial charge in [-0.1, -0.05) is 29.8 Å². The van der Waals surface area contributed by atoms with E-state index in [2.05, 4.69) is 52.8 Å². The SMILES string of the molecule is Cc1ccc(C(C)Nc2nc(C)ns2)cc1. The summed E-state index contributed by atoms with van der Waals surface area (Å²) < 4.78 is 4.15. The first kappa shape index (κ1) is 11.1. The van der Waals surface area contributed by atoms with E-state index in [-0.39, 0.29) is 6.04 Å². The molecular weight excluding hydrogens is 218 g/mol. The summed E-state index contributed by atoms with van der Waals surface area (Å²) in [6.45, 7) is 6.12. The maximum Gasteiger partial charge on any atom is 0.203 e. The summed E-state index contributed by atoms with van der Waals surface area (Å²) >= 11 is 1.40. The van der Waals surface area contributed by atoms with E-state index in [0.717, 1.165) is 11.0 Å². The summed E-state index contributed by atoms with van der Waals surface area (Å²) in [5.41, 5.74) is 2.54. The van der Waals surface area contributed by atoms with Crippen LogP contribution < -0.4 is 5.32 Å². The molecule has 2 rings (SSSR count). The molecule has 0 spiro atoms. The normalized spacial score (nSPS) is 12.4. The molecule has 3 nitrogen and oxygen atoms in total. The van der Waals surface area contributed by atoms with Crippen LogP contribution in [0.4, 0.5) is 5.13 Å². The van der Waals surface area contributed by atoms with E-state index in [1.165, 1.54) is 22.7 Å². The van der Waals surface area contributed by atoms with Gasteiger partial charge in [-0.3, -0.25) is 0 Å². The molecule has 0 radical (unpaired) electrons. The summed E-state index contributed by atoms with van der Waals surface area (Å²) in [4.78, 5) is 4.29. The van der Waals surface area contributed by atoms with Crippen LogP contribution in [0.2, 0.25) is 0 Å². The monoisotopic (exact) mass is 233 g/mol. The number of nitrogens with one attached hydrogen (secondary N) is 1. The van der Waals surface area contributed by atoms with Crippen molar-refractivity contribution in [2.75, 3.05) is 5.32 Å². The Morgan fingerprint density at radius 1 is 1.19 bits per heavy atom. The highest BCUT2D eigenvalue weighted by Crippen LogP contribution is 2.20. The molecule has 0 fully saturated rings. The number of hydrogen-bond donors (Lipinski definition) is 1. The molecule has 1 N–H and O–H groups in total. The van der Waals surface area contributed by atoms with Gasteiger partial charge in [0.2, 0.25) is 5.13 Å². The number of aromatic nitrogens is 2. The fraction of sp³-hybridized carbons (Fsp3) is 0.333. The molecule has 0 bridgehead atoms. The topological polar surface area (TPSA) is 37.8 Å². The Balaban J connectivity index is 2.08. The molecule has 0 amide bonds. The van der Waals surface area contributed by atoms with E-state index in [9.17, 15) is 0 Å². The zero-order valence-corrected chi connectivity index (χ0v) is 10.5. The van der Waals surface area contributed by atoms with Gasteiger partial charge in [0.05, 0.1) is 6.04 Å². The first-order valence-electron chi connectivity index (χ1n) is 5.28. The molecule has 1 heterocycles. The predicted octanol–water partition coefficient (Wildman–Crippen LogP) is 3.33. The van der Waals surface area contributed by atoms with E-state index >= 15 is 0 Å². The van der Waals surface area contributed by atoms with Crippen molar-refractivity contribution in [2.24, 2.45) is 0 Å². The molecule has 1 atom stereocenters. The lowest BCUT2D eigenvalue weighted by molar-refractivity contribution is 0.879. The van der Waals surface area contributed by atoms with Crippen molar-refractivity contribution >= 4 is 16.7 Å². The number of benzene rings is 1. The van der Waals surface area contributed by atoms with E-state index in [0.29, 0.717) is 0 Å². The number of anilines is 1. The van der Waals surface area contributed by atoms with Crippen molar-refractivity contribution in [3.05, 3.63) is 41.2 Å². The van der Waals surface area contributed by atoms with Gasteiger partial charge in [0.1, 0.15) is 5.82 Å². The lowest BCUT2D eigenvalue weighted by Crippen LogP contribution is -2.06. The summed E-state index contributed by atoms with van der Waals surface area (Å²) in [5.74, 6) is 0.823. The first-order chi connectivity index (χ1) is 7.65. The fourth-order valence-corrected chi connectivity index (χ4v) is 2.14. The van der Waals surface area contributed by atoms with Crippen LogP contribution in [0.25, 0.3) is 0 Å². The molecule has 0 saturated heterocycles. The third kappa shape index (κ3) is 2.58. The highest BCUT2D eigenvalue weighted by Gasteiger charge is 2.07. The average Bonchev–Trinajstić information content (AvgIpc) is 2.65. The quantitative estimate of drug-likeness (QED) is 0.883. The molecule has 0 aliphatic rings. The van der Waals surface area contributed by atoms with Crippen LogP contribution in [0.5, 0.6) is 0 Å². The number of rotatable bonds is 3. The minimum atomic E-state index is 0.257. The van der Waals surface area contributed by atoms with Crippen LogP contribution in [0.3, 0.4) is 0 Å². The zero-order chi connectivity index (χ0) is 11.5. The molecule has 1 aromatic carbocycles. The molecule has 1 unspecified atom stereocenters. The smallest absolute Gasteiger partial charge is 0.203 e. The molecule has 1 aromatic heterocycles. The lowest BCUT2D eigenvalue weighted by atomic mass is 10.1. The van der Waals surface area contributed by atoms with Gasteiger partial charge in [-0.15, -0.1) is 0 Å². The Morgan fingerprint density at radius 2 is 1.88 bits per heavy atom. The van der Waals surface area contributed by atoms with Crippen molar-refractivity contribution in [3.8, 4) is 0 Å². The Labute approximate surface area is 99.7 Å². The number of hydrogen-bond acceptors (Lipinski definition) is 4. The maximum atomic E-state index is 4.29. The van der Waals surface area contributed by atoms with Crippen LogP contribution >= 0.6 is 11.5 Å². The zero-order valence-electron chi connectivity index (χ0n) is 9.69. The standard InChI is InChI=1S/C12H15N3S/c1-8-4-6-11(7-5-8)9(2)13-12-14-10(3)15-16-12/h4-7,9H,1-3H3,(H,13,14,15). The summed E-state index contributed by atoms with van der Waals surface area (Å²) in [7, 11) is 0. The van der Waals surface area contributed by atoms with Crippen LogP contribution in [0.15, 0.2) is 24.3 Å². The van der Waals surface area contributed by atoms with Gasteiger partial charge in [-0.25, -0.2) is 4.98 Å². The van der Waals surface area contributed by atoms with Gasteiger partial charge in [-0.2, -0.15) is 4.37 Å². The largest absolute Gasteiger partial charge is 0.354 e. The molecular formula is C12H15N3S. The second kappa shape index (κ2) is 4.61. The summed E-state index contributed by atoms with van der Waals surface area (Å²) in [6, 6.07) is 8.78. The fourth-order valence-electron chi connectivity index (χ4n) is 1.48. The van der Waals surface area contributed by atoms with Gasteiger partial charge in [0.15, 0.2) is 0 Å². The number of aryl methyl sites for hydroxylation is 2. The van der Waals surface area contributed by atoms with Crippen molar-refractivity contribution in [3.63, 3.8) is 0 Å². The Kier molecular flexibility index (Phi) is 3.19. The third-order valence-corrected chi connectivity index (χ3v) is 3.18. The van der Waals surface area contributed by atoms with Crippen LogP contribution in [-0.2, 0) is 0 Å². The lowest BCUT2D eigenvalue weighted by Gasteiger charge is -2.12. The summed E-state index contributed by atoms with van der Waals surface area (Å²) in [6.07, 6.45) is 0. The van der Waals surface area contributed by atoms with Gasteiger partial charge < -0.3 is 5.32 Å². The predicted molar refractivity (Wildman–Crippen MR) is 67.9 cm³/mol. The van der Waals surface area contributed by atoms with Crippen molar-refractivity contribution in [1.29, 1.82) is 0 Å². The molecule has 0 saturated carbocycles. The maximum absolute atomic E-state index is 4.29. The van der Waals surface area contributed by atoms with Crippen molar-refractivity contribution in [1.82, 2.24) is 9.36 Å². The van der Waals surface area contributed by atoms with Crippen LogP contribution in [0.1, 0.15) is 29.9 Å². The van der Waals surface area contributed by atoms with Gasteiger partial charge in [-0.05, 0) is 26.3 Å². The van der Waals surface area contributed by atoms with Crippen molar-refractivity contribution < 1.29 is 0 Å². The molecule has 0 aliphatic heterocycles. The molecule has 0 aliphatic carbocycles. The molecule has 4 heteroatoms. The van der Waals surface area contributed by atoms with Gasteiger partial charge in [0.25, 0.3) is 0 Å². The van der Waals surface area contributed by atoms with E-state index < -0.39 is 0 Å². The minimum Gasteiger partial charge on any atom is -0.354 e. The molecule has 2 aromatic rings. The second-order valence-corrected chi connectivity index (χ2v) is 4.68. The molecule has 84 valence electrons. The second-order valence-electron chi connectivity index (χ2n) is 3.92. The van der Waals surface area contributed by atoms with Gasteiger partial charge in [0, 0.05) is 11.5 Å². The van der Waals surface area contributed by atoms with E-state index in [1.54, 1.807) is 0 Å². The Hall–Kier alpha value is -1.42. The Bertz CT molecular complexity index is 461. The Morgan fingerprint density at radius 3 is 2.44 bits per heavy atom. The van der Waals surface area contributed by atoms with E-state index in [1.807, 2.05) is 6.92 Å². The third-order valence-electron chi connectivity index (χ3n) is 2.44. The average molecular weight is 233 g/mol. The van der Waals surface area contributed by atoms with Crippen molar-refractivity contribution in [2.45, 2.75) is 26.8 Å². The highest BCUT2D eigenvalue weighted by molar-refractivity contribution is 7.09. The van der Waals surface area contributed by atoms with Crippen LogP contribution in [0, 0.1) is 13.8 Å². The highest BCUT2D eigenvalue weighted by atomic mass is 32.1. The number of nitrogens with zero attached hydrogens (tertiary/aromatic N) is 2. The summed E-state index contributed by atoms with van der Waals surface area (Å²) in [5, 5.41) is 4.22. The van der Waals surface area contributed by atoms with E-state index in [4.69, 9.17) is 0 Å². The van der Waals surface area contributed by atoms with Crippen LogP contribution in [-0.4, -0.2) is 9.36 Å². The minimum absolute atomic E-state index is 0.257. The van der Waals surface area contributed by atoms with Gasteiger partial charge >= 0.3 is 0 Å².